The van der Waals surface area contributed by atoms with E-state index in [1.807, 2.05) is 0 Å². The van der Waals surface area contributed by atoms with Gasteiger partial charge in [0.1, 0.15) is 0 Å². The SMILES string of the molecule is CCN(c1ccc(C)cc1)c1ccc(C)cc1CN. The largest absolute Gasteiger partial charge is 0.342 e. The summed E-state index contributed by atoms with van der Waals surface area (Å²) in [5.41, 5.74) is 12.0. The summed E-state index contributed by atoms with van der Waals surface area (Å²) in [4.78, 5) is 2.31. The number of nitrogens with two attached hydrogens (primary N) is 1. The number of anilines is 2. The first-order chi connectivity index (χ1) is 9.15. The highest BCUT2D eigenvalue weighted by Gasteiger charge is 2.11. The lowest BCUT2D eigenvalue weighted by molar-refractivity contribution is 0.980. The van der Waals surface area contributed by atoms with Gasteiger partial charge in [-0.2, -0.15) is 0 Å². The highest BCUT2D eigenvalue weighted by molar-refractivity contribution is 5.67. The van der Waals surface area contributed by atoms with E-state index in [2.05, 4.69) is 68.1 Å². The Balaban J connectivity index is 2.44. The molecule has 2 heteroatoms. The van der Waals surface area contributed by atoms with Crippen molar-refractivity contribution in [3.05, 3.63) is 59.2 Å². The molecule has 2 aromatic rings. The number of nitrogens with zero attached hydrogens (tertiary/aromatic N) is 1. The lowest BCUT2D eigenvalue weighted by atomic mass is 10.1. The molecule has 2 rings (SSSR count). The fourth-order valence-electron chi connectivity index (χ4n) is 2.36. The van der Waals surface area contributed by atoms with Crippen molar-refractivity contribution in [2.45, 2.75) is 27.3 Å². The van der Waals surface area contributed by atoms with E-state index in [9.17, 15) is 0 Å². The van der Waals surface area contributed by atoms with Crippen molar-refractivity contribution in [2.24, 2.45) is 5.73 Å². The second-order valence-electron chi connectivity index (χ2n) is 4.92. The third kappa shape index (κ3) is 2.96. The van der Waals surface area contributed by atoms with Crippen LogP contribution in [0.15, 0.2) is 42.5 Å². The highest BCUT2D eigenvalue weighted by Crippen LogP contribution is 2.29. The molecule has 0 radical (unpaired) electrons. The molecule has 2 nitrogen and oxygen atoms in total. The maximum atomic E-state index is 5.89. The van der Waals surface area contributed by atoms with Crippen molar-refractivity contribution in [1.29, 1.82) is 0 Å². The summed E-state index contributed by atoms with van der Waals surface area (Å²) in [6.07, 6.45) is 0. The molecule has 0 spiro atoms. The molecule has 0 unspecified atom stereocenters. The second-order valence-corrected chi connectivity index (χ2v) is 4.92. The van der Waals surface area contributed by atoms with Gasteiger partial charge in [0, 0.05) is 24.5 Å². The Bertz CT molecular complexity index is 544. The molecule has 100 valence electrons. The molecule has 19 heavy (non-hydrogen) atoms. The summed E-state index contributed by atoms with van der Waals surface area (Å²) in [5, 5.41) is 0. The monoisotopic (exact) mass is 254 g/mol. The van der Waals surface area contributed by atoms with Gasteiger partial charge in [0.05, 0.1) is 0 Å². The number of benzene rings is 2. The lowest BCUT2D eigenvalue weighted by Gasteiger charge is -2.26. The van der Waals surface area contributed by atoms with Gasteiger partial charge in [-0.3, -0.25) is 0 Å². The van der Waals surface area contributed by atoms with Crippen LogP contribution in [0.25, 0.3) is 0 Å². The summed E-state index contributed by atoms with van der Waals surface area (Å²) in [5.74, 6) is 0. The fraction of sp³-hybridized carbons (Fsp3) is 0.294. The first-order valence-corrected chi connectivity index (χ1v) is 6.79. The lowest BCUT2D eigenvalue weighted by Crippen LogP contribution is -2.18. The van der Waals surface area contributed by atoms with Crippen molar-refractivity contribution in [3.63, 3.8) is 0 Å². The summed E-state index contributed by atoms with van der Waals surface area (Å²) in [7, 11) is 0. The first kappa shape index (κ1) is 13.6. The maximum Gasteiger partial charge on any atom is 0.0456 e. The van der Waals surface area contributed by atoms with E-state index in [1.165, 1.54) is 28.1 Å². The molecule has 0 amide bonds. The Hall–Kier alpha value is -1.80. The fourth-order valence-corrected chi connectivity index (χ4v) is 2.36. The van der Waals surface area contributed by atoms with E-state index < -0.39 is 0 Å². The van der Waals surface area contributed by atoms with Crippen LogP contribution in [0.4, 0.5) is 11.4 Å². The van der Waals surface area contributed by atoms with Crippen LogP contribution in [-0.4, -0.2) is 6.54 Å². The zero-order valence-electron chi connectivity index (χ0n) is 12.0. The van der Waals surface area contributed by atoms with Gasteiger partial charge in [-0.1, -0.05) is 35.4 Å². The number of hydrogen-bond acceptors (Lipinski definition) is 2. The first-order valence-electron chi connectivity index (χ1n) is 6.79. The van der Waals surface area contributed by atoms with Gasteiger partial charge in [0.25, 0.3) is 0 Å². The molecule has 0 fully saturated rings. The highest BCUT2D eigenvalue weighted by atomic mass is 15.1. The average molecular weight is 254 g/mol. The summed E-state index contributed by atoms with van der Waals surface area (Å²) in [6, 6.07) is 15.1. The smallest absolute Gasteiger partial charge is 0.0456 e. The summed E-state index contributed by atoms with van der Waals surface area (Å²) < 4.78 is 0. The van der Waals surface area contributed by atoms with E-state index in [0.29, 0.717) is 6.54 Å². The summed E-state index contributed by atoms with van der Waals surface area (Å²) in [6.45, 7) is 7.88. The van der Waals surface area contributed by atoms with E-state index in [4.69, 9.17) is 5.73 Å². The van der Waals surface area contributed by atoms with Crippen LogP contribution in [0.1, 0.15) is 23.6 Å². The van der Waals surface area contributed by atoms with Crippen LogP contribution in [0.5, 0.6) is 0 Å². The van der Waals surface area contributed by atoms with Crippen molar-refractivity contribution in [3.8, 4) is 0 Å². The van der Waals surface area contributed by atoms with Gasteiger partial charge in [-0.25, -0.2) is 0 Å². The molecule has 0 atom stereocenters. The van der Waals surface area contributed by atoms with Gasteiger partial charge in [-0.15, -0.1) is 0 Å². The Morgan fingerprint density at radius 2 is 1.58 bits per heavy atom. The van der Waals surface area contributed by atoms with Gasteiger partial charge < -0.3 is 10.6 Å². The van der Waals surface area contributed by atoms with E-state index in [0.717, 1.165) is 6.54 Å². The molecule has 0 aliphatic rings. The van der Waals surface area contributed by atoms with Crippen molar-refractivity contribution >= 4 is 11.4 Å². The van der Waals surface area contributed by atoms with Gasteiger partial charge in [0.15, 0.2) is 0 Å². The Morgan fingerprint density at radius 3 is 2.16 bits per heavy atom. The van der Waals surface area contributed by atoms with Crippen LogP contribution in [-0.2, 0) is 6.54 Å². The zero-order valence-corrected chi connectivity index (χ0v) is 12.0. The van der Waals surface area contributed by atoms with E-state index >= 15 is 0 Å². The Labute approximate surface area is 115 Å². The van der Waals surface area contributed by atoms with Crippen LogP contribution in [0, 0.1) is 13.8 Å². The van der Waals surface area contributed by atoms with Crippen LogP contribution >= 0.6 is 0 Å². The number of hydrogen-bond donors (Lipinski definition) is 1. The van der Waals surface area contributed by atoms with Gasteiger partial charge in [0.2, 0.25) is 0 Å². The predicted molar refractivity (Wildman–Crippen MR) is 82.9 cm³/mol. The van der Waals surface area contributed by atoms with Crippen molar-refractivity contribution in [2.75, 3.05) is 11.4 Å². The van der Waals surface area contributed by atoms with Crippen LogP contribution < -0.4 is 10.6 Å². The molecule has 0 aromatic heterocycles. The zero-order chi connectivity index (χ0) is 13.8. The second kappa shape index (κ2) is 5.89. The third-order valence-electron chi connectivity index (χ3n) is 3.41. The minimum absolute atomic E-state index is 0.569. The summed E-state index contributed by atoms with van der Waals surface area (Å²) >= 11 is 0. The minimum atomic E-state index is 0.569. The molecule has 0 heterocycles. The van der Waals surface area contributed by atoms with Crippen molar-refractivity contribution in [1.82, 2.24) is 0 Å². The Kier molecular flexibility index (Phi) is 4.23. The van der Waals surface area contributed by atoms with Crippen LogP contribution in [0.2, 0.25) is 0 Å². The number of aryl methyl sites for hydroxylation is 2. The van der Waals surface area contributed by atoms with Crippen molar-refractivity contribution < 1.29 is 0 Å². The topological polar surface area (TPSA) is 29.3 Å². The molecule has 0 saturated carbocycles. The molecular weight excluding hydrogens is 232 g/mol. The van der Waals surface area contributed by atoms with E-state index in [-0.39, 0.29) is 0 Å². The van der Waals surface area contributed by atoms with Crippen LogP contribution in [0.3, 0.4) is 0 Å². The standard InChI is InChI=1S/C17H22N2/c1-4-19(16-8-5-13(2)6-9-16)17-10-7-14(3)11-15(17)12-18/h5-11H,4,12,18H2,1-3H3. The minimum Gasteiger partial charge on any atom is -0.342 e. The molecular formula is C17H22N2. The molecule has 0 saturated heterocycles. The normalized spacial score (nSPS) is 10.5. The van der Waals surface area contributed by atoms with E-state index in [1.54, 1.807) is 0 Å². The molecule has 0 aliphatic carbocycles. The van der Waals surface area contributed by atoms with Gasteiger partial charge in [-0.05, 0) is 44.5 Å². The third-order valence-corrected chi connectivity index (χ3v) is 3.41. The Morgan fingerprint density at radius 1 is 0.947 bits per heavy atom. The molecule has 0 aliphatic heterocycles. The van der Waals surface area contributed by atoms with Gasteiger partial charge >= 0.3 is 0 Å². The molecule has 0 bridgehead atoms. The average Bonchev–Trinajstić information content (AvgIpc) is 2.43. The predicted octanol–water partition coefficient (Wildman–Crippen LogP) is 3.92. The molecule has 2 N–H and O–H groups in total. The quantitative estimate of drug-likeness (QED) is 0.896. The number of rotatable bonds is 4. The molecule has 2 aromatic carbocycles. The maximum absolute atomic E-state index is 5.89.